The standard InChI is InChI=1S/C26H27F9N4O2.C4H12N2/c1-4-18-11-21(19-10-15(24(27,28)29)5-6-20(19)39(18)23(40)41-13(2)3)38(22(36)37)12-14-7-16(25(30,31)32)9-17(8-14)26(33,34)35;1-6(2)4-3-5/h5-10,13,18,21H,4,11-12H2,1-3H3,(H3,36,37);3-5H2,1-2H3. The number of nitrogens with two attached hydrogens (primary N) is 2. The van der Waals surface area contributed by atoms with Crippen LogP contribution < -0.4 is 16.4 Å². The van der Waals surface area contributed by atoms with Crippen molar-refractivity contribution in [2.75, 3.05) is 32.1 Å². The van der Waals surface area contributed by atoms with Gasteiger partial charge in [0.25, 0.3) is 0 Å². The van der Waals surface area contributed by atoms with Crippen LogP contribution in [0.1, 0.15) is 67.5 Å². The van der Waals surface area contributed by atoms with Gasteiger partial charge in [0.1, 0.15) is 0 Å². The zero-order chi connectivity index (χ0) is 36.1. The van der Waals surface area contributed by atoms with Crippen LogP contribution in [0.2, 0.25) is 0 Å². The normalized spacial score (nSPS) is 16.8. The van der Waals surface area contributed by atoms with Gasteiger partial charge in [0.15, 0.2) is 5.96 Å². The molecule has 2 unspecified atom stereocenters. The van der Waals surface area contributed by atoms with Gasteiger partial charge in [0.2, 0.25) is 0 Å². The van der Waals surface area contributed by atoms with Crippen LogP contribution in [0.3, 0.4) is 0 Å². The topological polar surface area (TPSA) is 112 Å². The number of rotatable bonds is 7. The number of alkyl halides is 9. The minimum Gasteiger partial charge on any atom is -0.446 e. The van der Waals surface area contributed by atoms with Crippen LogP contribution in [-0.2, 0) is 29.8 Å². The predicted molar refractivity (Wildman–Crippen MR) is 158 cm³/mol. The van der Waals surface area contributed by atoms with Crippen LogP contribution in [0.5, 0.6) is 0 Å². The van der Waals surface area contributed by atoms with E-state index in [1.54, 1.807) is 20.8 Å². The summed E-state index contributed by atoms with van der Waals surface area (Å²) in [5.41, 5.74) is 5.92. The maximum absolute atomic E-state index is 13.7. The van der Waals surface area contributed by atoms with E-state index in [1.165, 1.54) is 0 Å². The lowest BCUT2D eigenvalue weighted by molar-refractivity contribution is -0.143. The highest BCUT2D eigenvalue weighted by Gasteiger charge is 2.42. The molecule has 0 bridgehead atoms. The van der Waals surface area contributed by atoms with E-state index in [0.29, 0.717) is 12.1 Å². The number of halogens is 9. The molecule has 8 nitrogen and oxygen atoms in total. The molecule has 3 rings (SSSR count). The lowest BCUT2D eigenvalue weighted by atomic mass is 9.87. The lowest BCUT2D eigenvalue weighted by Crippen LogP contribution is -2.50. The number of amides is 1. The van der Waals surface area contributed by atoms with Crippen molar-refractivity contribution in [2.24, 2.45) is 11.5 Å². The van der Waals surface area contributed by atoms with Gasteiger partial charge < -0.3 is 26.0 Å². The number of anilines is 1. The molecule has 2 aromatic rings. The molecule has 5 N–H and O–H groups in total. The summed E-state index contributed by atoms with van der Waals surface area (Å²) >= 11 is 0. The van der Waals surface area contributed by atoms with Crippen LogP contribution in [0, 0.1) is 5.41 Å². The number of nitrogens with one attached hydrogen (secondary N) is 1. The quantitative estimate of drug-likeness (QED) is 0.161. The summed E-state index contributed by atoms with van der Waals surface area (Å²) in [5.74, 6) is -0.808. The van der Waals surface area contributed by atoms with E-state index in [4.69, 9.17) is 21.6 Å². The molecule has 0 fully saturated rings. The molecule has 1 aliphatic rings. The Kier molecular flexibility index (Phi) is 13.0. The van der Waals surface area contributed by atoms with Gasteiger partial charge in [-0.1, -0.05) is 6.92 Å². The molecular formula is C30H39F9N6O2. The number of carbonyl (C=O) groups excluding carboxylic acids is 1. The molecule has 264 valence electrons. The zero-order valence-electron chi connectivity index (χ0n) is 26.4. The van der Waals surface area contributed by atoms with E-state index in [2.05, 4.69) is 4.90 Å². The first kappa shape index (κ1) is 39.4. The van der Waals surface area contributed by atoms with Gasteiger partial charge in [-0.05, 0) is 88.3 Å². The Balaban J connectivity index is 0.00000117. The number of benzene rings is 2. The number of fused-ring (bicyclic) bond motifs is 1. The molecule has 1 amide bonds. The average Bonchev–Trinajstić information content (AvgIpc) is 2.93. The summed E-state index contributed by atoms with van der Waals surface area (Å²) < 4.78 is 127. The van der Waals surface area contributed by atoms with Crippen molar-refractivity contribution in [2.45, 2.75) is 76.9 Å². The molecule has 0 spiro atoms. The van der Waals surface area contributed by atoms with Gasteiger partial charge in [-0.2, -0.15) is 39.5 Å². The molecule has 0 aromatic heterocycles. The zero-order valence-corrected chi connectivity index (χ0v) is 26.4. The third kappa shape index (κ3) is 10.6. The number of carbonyl (C=O) groups is 1. The Labute approximate surface area is 266 Å². The van der Waals surface area contributed by atoms with Crippen LogP contribution in [0.25, 0.3) is 0 Å². The maximum atomic E-state index is 13.7. The van der Waals surface area contributed by atoms with Crippen LogP contribution in [-0.4, -0.2) is 61.2 Å². The molecule has 1 aliphatic heterocycles. The molecule has 17 heteroatoms. The predicted octanol–water partition coefficient (Wildman–Crippen LogP) is 7.22. The highest BCUT2D eigenvalue weighted by molar-refractivity contribution is 5.91. The molecule has 0 aliphatic carbocycles. The number of likely N-dealkylation sites (N-methyl/N-ethyl adjacent to an activating group) is 1. The monoisotopic (exact) mass is 686 g/mol. The van der Waals surface area contributed by atoms with Gasteiger partial charge >= 0.3 is 24.6 Å². The second kappa shape index (κ2) is 15.4. The second-order valence-corrected chi connectivity index (χ2v) is 11.4. The van der Waals surface area contributed by atoms with Crippen LogP contribution >= 0.6 is 0 Å². The average molecular weight is 687 g/mol. The van der Waals surface area contributed by atoms with Crippen molar-refractivity contribution < 1.29 is 49.0 Å². The van der Waals surface area contributed by atoms with Crippen molar-refractivity contribution in [3.63, 3.8) is 0 Å². The Morgan fingerprint density at radius 2 is 1.49 bits per heavy atom. The smallest absolute Gasteiger partial charge is 0.416 e. The van der Waals surface area contributed by atoms with E-state index >= 15 is 0 Å². The van der Waals surface area contributed by atoms with E-state index in [0.717, 1.165) is 41.1 Å². The van der Waals surface area contributed by atoms with Crippen molar-refractivity contribution in [1.82, 2.24) is 9.80 Å². The van der Waals surface area contributed by atoms with Gasteiger partial charge in [0, 0.05) is 25.7 Å². The summed E-state index contributed by atoms with van der Waals surface area (Å²) in [6.07, 6.45) is -16.4. The Hall–Kier alpha value is -3.73. The molecule has 2 aromatic carbocycles. The first-order valence-corrected chi connectivity index (χ1v) is 14.5. The van der Waals surface area contributed by atoms with Crippen molar-refractivity contribution in [3.05, 3.63) is 64.2 Å². The number of nitrogens with zero attached hydrogens (tertiary/aromatic N) is 3. The summed E-state index contributed by atoms with van der Waals surface area (Å²) in [4.78, 5) is 17.1. The third-order valence-corrected chi connectivity index (χ3v) is 7.10. The van der Waals surface area contributed by atoms with E-state index in [9.17, 15) is 44.3 Å². The van der Waals surface area contributed by atoms with Gasteiger partial charge in [-0.3, -0.25) is 10.3 Å². The first-order chi connectivity index (χ1) is 21.5. The number of ether oxygens (including phenoxy) is 1. The summed E-state index contributed by atoms with van der Waals surface area (Å²) in [6.45, 7) is 5.79. The minimum absolute atomic E-state index is 0.0157. The maximum Gasteiger partial charge on any atom is 0.416 e. The lowest BCUT2D eigenvalue weighted by Gasteiger charge is -2.44. The Bertz CT molecular complexity index is 1340. The number of guanidine groups is 1. The van der Waals surface area contributed by atoms with Gasteiger partial charge in [-0.15, -0.1) is 0 Å². The van der Waals surface area contributed by atoms with Crippen molar-refractivity contribution in [1.29, 1.82) is 5.41 Å². The largest absolute Gasteiger partial charge is 0.446 e. The fourth-order valence-electron chi connectivity index (χ4n) is 4.98. The molecular weight excluding hydrogens is 647 g/mol. The highest BCUT2D eigenvalue weighted by Crippen LogP contribution is 2.45. The molecule has 0 saturated heterocycles. The second-order valence-electron chi connectivity index (χ2n) is 11.4. The molecule has 2 atom stereocenters. The summed E-state index contributed by atoms with van der Waals surface area (Å²) in [7, 11) is 4.01. The first-order valence-electron chi connectivity index (χ1n) is 14.5. The fourth-order valence-corrected chi connectivity index (χ4v) is 4.98. The van der Waals surface area contributed by atoms with Crippen LogP contribution in [0.4, 0.5) is 50.0 Å². The van der Waals surface area contributed by atoms with Gasteiger partial charge in [0.05, 0.1) is 34.5 Å². The highest BCUT2D eigenvalue weighted by atomic mass is 19.4. The van der Waals surface area contributed by atoms with E-state index in [-0.39, 0.29) is 30.2 Å². The minimum atomic E-state index is -5.14. The molecule has 1 heterocycles. The van der Waals surface area contributed by atoms with E-state index < -0.39 is 77.6 Å². The fraction of sp³-hybridized carbons (Fsp3) is 0.533. The van der Waals surface area contributed by atoms with E-state index in [1.807, 2.05) is 14.1 Å². The third-order valence-electron chi connectivity index (χ3n) is 7.10. The molecule has 0 saturated carbocycles. The van der Waals surface area contributed by atoms with Crippen molar-refractivity contribution >= 4 is 17.7 Å². The van der Waals surface area contributed by atoms with Crippen molar-refractivity contribution in [3.8, 4) is 0 Å². The number of hydrogen-bond donors (Lipinski definition) is 3. The summed E-state index contributed by atoms with van der Waals surface area (Å²) in [5, 5.41) is 8.09. The van der Waals surface area contributed by atoms with Gasteiger partial charge in [-0.25, -0.2) is 4.79 Å². The number of hydrogen-bond acceptors (Lipinski definition) is 5. The molecule has 47 heavy (non-hydrogen) atoms. The molecule has 0 radical (unpaired) electrons. The summed E-state index contributed by atoms with van der Waals surface area (Å²) in [6, 6.07) is 1.44. The Morgan fingerprint density at radius 1 is 0.957 bits per heavy atom. The van der Waals surface area contributed by atoms with Crippen LogP contribution in [0.15, 0.2) is 36.4 Å². The SMILES string of the molecule is CCC1CC(N(Cc2cc(C(F)(F)F)cc(C(F)(F)F)c2)C(=N)N)c2cc(C(F)(F)F)ccc2N1C(=O)OC(C)C.CN(C)CCN. The Morgan fingerprint density at radius 3 is 1.87 bits per heavy atom.